The van der Waals surface area contributed by atoms with E-state index in [9.17, 15) is 23.1 Å². The molecule has 3 rings (SSSR count). The molecule has 0 radical (unpaired) electrons. The number of nitrogens with zero attached hydrogens (tertiary/aromatic N) is 3. The Morgan fingerprint density at radius 1 is 1.24 bits per heavy atom. The summed E-state index contributed by atoms with van der Waals surface area (Å²) in [5, 5.41) is 15.2. The number of hydrogen-bond donors (Lipinski definition) is 3. The molecule has 0 saturated heterocycles. The number of nitrogens with one attached hydrogen (secondary N) is 2. The lowest BCUT2D eigenvalue weighted by Crippen LogP contribution is -2.24. The van der Waals surface area contributed by atoms with Crippen molar-refractivity contribution in [2.24, 2.45) is 0 Å². The predicted octanol–water partition coefficient (Wildman–Crippen LogP) is 3.77. The van der Waals surface area contributed by atoms with Crippen molar-refractivity contribution in [2.45, 2.75) is 12.2 Å². The number of rotatable bonds is 6. The second-order valence-corrected chi connectivity index (χ2v) is 6.48. The van der Waals surface area contributed by atoms with Crippen molar-refractivity contribution >= 4 is 34.3 Å². The van der Waals surface area contributed by atoms with Crippen molar-refractivity contribution in [3.63, 3.8) is 0 Å². The average molecular weight is 426 g/mol. The number of alkyl halides is 3. The molecule has 0 unspecified atom stereocenters. The molecule has 2 heterocycles. The van der Waals surface area contributed by atoms with Crippen LogP contribution < -0.4 is 10.6 Å². The van der Waals surface area contributed by atoms with Gasteiger partial charge in [-0.1, -0.05) is 17.7 Å². The van der Waals surface area contributed by atoms with Gasteiger partial charge in [-0.2, -0.15) is 13.2 Å². The predicted molar refractivity (Wildman–Crippen MR) is 101 cm³/mol. The van der Waals surface area contributed by atoms with Crippen LogP contribution in [0.4, 0.5) is 19.0 Å². The minimum absolute atomic E-state index is 0.118. The molecule has 3 N–H and O–H groups in total. The Kier molecular flexibility index (Phi) is 5.85. The van der Waals surface area contributed by atoms with Crippen LogP contribution in [0.1, 0.15) is 27.7 Å². The maximum Gasteiger partial charge on any atom is 0.417 e. The highest BCUT2D eigenvalue weighted by Gasteiger charge is 2.34. The summed E-state index contributed by atoms with van der Waals surface area (Å²) in [4.78, 5) is 23.3. The lowest BCUT2D eigenvalue weighted by atomic mass is 10.0. The summed E-state index contributed by atoms with van der Waals surface area (Å²) in [7, 11) is 1.65. The SMILES string of the molecule is CNC[C@@H](Nc1ncnc2c(C(=O)O)nccc12)c1ccc(Cl)c(C(F)(F)F)c1. The number of benzene rings is 1. The number of likely N-dealkylation sites (N-methyl/N-ethyl adjacent to an activating group) is 1. The topological polar surface area (TPSA) is 100 Å². The average Bonchev–Trinajstić information content (AvgIpc) is 2.67. The van der Waals surface area contributed by atoms with Gasteiger partial charge in [0.15, 0.2) is 5.69 Å². The van der Waals surface area contributed by atoms with Gasteiger partial charge in [-0.05, 0) is 30.8 Å². The van der Waals surface area contributed by atoms with Crippen LogP contribution in [-0.4, -0.2) is 39.6 Å². The Balaban J connectivity index is 2.05. The van der Waals surface area contributed by atoms with Gasteiger partial charge >= 0.3 is 12.1 Å². The second-order valence-electron chi connectivity index (χ2n) is 6.07. The van der Waals surface area contributed by atoms with Crippen molar-refractivity contribution < 1.29 is 23.1 Å². The first-order valence-corrected chi connectivity index (χ1v) is 8.71. The summed E-state index contributed by atoms with van der Waals surface area (Å²) in [6.07, 6.45) is -2.13. The molecule has 0 aliphatic carbocycles. The number of fused-ring (bicyclic) bond motifs is 1. The van der Waals surface area contributed by atoms with E-state index in [1.807, 2.05) is 0 Å². The van der Waals surface area contributed by atoms with Crippen LogP contribution in [0, 0.1) is 0 Å². The van der Waals surface area contributed by atoms with E-state index in [4.69, 9.17) is 11.6 Å². The molecule has 7 nitrogen and oxygen atoms in total. The lowest BCUT2D eigenvalue weighted by Gasteiger charge is -2.22. The van der Waals surface area contributed by atoms with Gasteiger partial charge in [-0.25, -0.2) is 19.7 Å². The van der Waals surface area contributed by atoms with E-state index in [0.717, 1.165) is 12.4 Å². The van der Waals surface area contributed by atoms with E-state index in [-0.39, 0.29) is 23.6 Å². The number of carboxylic acid groups (broad SMARTS) is 1. The molecule has 0 aliphatic rings. The van der Waals surface area contributed by atoms with Gasteiger partial charge in [-0.15, -0.1) is 0 Å². The van der Waals surface area contributed by atoms with Crippen LogP contribution in [-0.2, 0) is 6.18 Å². The minimum atomic E-state index is -4.60. The standard InChI is InChI=1S/C18H15ClF3N5O2/c1-23-7-13(9-2-3-12(19)11(6-9)18(20,21)22)27-16-10-4-5-24-15(17(28)29)14(10)25-8-26-16/h2-6,8,13,23H,7H2,1H3,(H,28,29)(H,25,26,27)/t13-/m1/s1. The van der Waals surface area contributed by atoms with Crippen LogP contribution in [0.15, 0.2) is 36.8 Å². The highest BCUT2D eigenvalue weighted by Crippen LogP contribution is 2.36. The fourth-order valence-electron chi connectivity index (χ4n) is 2.86. The van der Waals surface area contributed by atoms with E-state index >= 15 is 0 Å². The van der Waals surface area contributed by atoms with E-state index in [1.165, 1.54) is 24.4 Å². The Labute approximate surface area is 168 Å². The van der Waals surface area contributed by atoms with Crippen LogP contribution in [0.2, 0.25) is 5.02 Å². The van der Waals surface area contributed by atoms with E-state index in [1.54, 1.807) is 7.05 Å². The largest absolute Gasteiger partial charge is 0.476 e. The van der Waals surface area contributed by atoms with E-state index < -0.39 is 28.8 Å². The zero-order valence-electron chi connectivity index (χ0n) is 15.0. The van der Waals surface area contributed by atoms with Crippen LogP contribution in [0.3, 0.4) is 0 Å². The van der Waals surface area contributed by atoms with Gasteiger partial charge in [0.2, 0.25) is 0 Å². The van der Waals surface area contributed by atoms with Gasteiger partial charge in [0.25, 0.3) is 0 Å². The van der Waals surface area contributed by atoms with Gasteiger partial charge in [0.1, 0.15) is 17.7 Å². The van der Waals surface area contributed by atoms with Crippen molar-refractivity contribution in [2.75, 3.05) is 18.9 Å². The zero-order valence-corrected chi connectivity index (χ0v) is 15.7. The normalized spacial score (nSPS) is 12.7. The van der Waals surface area contributed by atoms with Crippen molar-refractivity contribution in [1.29, 1.82) is 0 Å². The smallest absolute Gasteiger partial charge is 0.417 e. The van der Waals surface area contributed by atoms with Crippen molar-refractivity contribution in [3.05, 3.63) is 58.6 Å². The Bertz CT molecular complexity index is 1060. The molecule has 2 aromatic heterocycles. The van der Waals surface area contributed by atoms with Crippen molar-refractivity contribution in [3.8, 4) is 0 Å². The first-order valence-electron chi connectivity index (χ1n) is 8.33. The summed E-state index contributed by atoms with van der Waals surface area (Å²) in [5.41, 5.74) is -0.739. The van der Waals surface area contributed by atoms with Gasteiger partial charge < -0.3 is 15.7 Å². The van der Waals surface area contributed by atoms with Crippen molar-refractivity contribution in [1.82, 2.24) is 20.3 Å². The molecule has 0 aliphatic heterocycles. The summed E-state index contributed by atoms with van der Waals surface area (Å²) in [6, 6.07) is 4.57. The maximum atomic E-state index is 13.2. The second kappa shape index (κ2) is 8.18. The molecule has 3 aromatic rings. The minimum Gasteiger partial charge on any atom is -0.476 e. The highest BCUT2D eigenvalue weighted by molar-refractivity contribution is 6.31. The molecule has 1 atom stereocenters. The van der Waals surface area contributed by atoms with Gasteiger partial charge in [0.05, 0.1) is 16.6 Å². The molecule has 0 amide bonds. The van der Waals surface area contributed by atoms with E-state index in [2.05, 4.69) is 25.6 Å². The lowest BCUT2D eigenvalue weighted by molar-refractivity contribution is -0.137. The number of anilines is 1. The Hall–Kier alpha value is -2.98. The van der Waals surface area contributed by atoms with Crippen LogP contribution in [0.25, 0.3) is 10.9 Å². The maximum absolute atomic E-state index is 13.2. The van der Waals surface area contributed by atoms with E-state index in [0.29, 0.717) is 10.9 Å². The number of pyridine rings is 1. The summed E-state index contributed by atoms with van der Waals surface area (Å²) in [5.74, 6) is -0.983. The number of hydrogen-bond acceptors (Lipinski definition) is 6. The summed E-state index contributed by atoms with van der Waals surface area (Å²) < 4.78 is 39.7. The number of halogens is 4. The van der Waals surface area contributed by atoms with Gasteiger partial charge in [-0.3, -0.25) is 0 Å². The summed E-state index contributed by atoms with van der Waals surface area (Å²) >= 11 is 5.71. The first kappa shape index (κ1) is 20.7. The summed E-state index contributed by atoms with van der Waals surface area (Å²) in [6.45, 7) is 0.265. The molecular formula is C18H15ClF3N5O2. The molecule has 1 aromatic carbocycles. The Morgan fingerprint density at radius 3 is 2.66 bits per heavy atom. The van der Waals surface area contributed by atoms with Gasteiger partial charge in [0, 0.05) is 18.1 Å². The molecule has 0 bridgehead atoms. The third-order valence-corrected chi connectivity index (χ3v) is 4.50. The fraction of sp³-hybridized carbons (Fsp3) is 0.222. The number of aromatic carboxylic acids is 1. The van der Waals surface area contributed by atoms with Crippen LogP contribution >= 0.6 is 11.6 Å². The third kappa shape index (κ3) is 4.38. The third-order valence-electron chi connectivity index (χ3n) is 4.17. The monoisotopic (exact) mass is 425 g/mol. The molecule has 152 valence electrons. The highest BCUT2D eigenvalue weighted by atomic mass is 35.5. The molecule has 0 fully saturated rings. The molecular weight excluding hydrogens is 411 g/mol. The number of aromatic nitrogens is 3. The zero-order chi connectivity index (χ0) is 21.2. The molecule has 29 heavy (non-hydrogen) atoms. The number of carbonyl (C=O) groups is 1. The molecule has 0 saturated carbocycles. The van der Waals surface area contributed by atoms with Crippen LogP contribution in [0.5, 0.6) is 0 Å². The molecule has 11 heteroatoms. The quantitative estimate of drug-likeness (QED) is 0.552. The molecule has 0 spiro atoms. The Morgan fingerprint density at radius 2 is 2.00 bits per heavy atom. The number of carboxylic acids is 1. The first-order chi connectivity index (χ1) is 13.7. The fourth-order valence-corrected chi connectivity index (χ4v) is 3.08.